The fraction of sp³-hybridized carbons (Fsp3) is 0.0638. The third-order valence-corrected chi connectivity index (χ3v) is 17.4. The molecule has 64 heavy (non-hydrogen) atoms. The van der Waals surface area contributed by atoms with Crippen LogP contribution in [0, 0.1) is 6.92 Å². The Kier molecular flexibility index (Phi) is 12.7. The van der Waals surface area contributed by atoms with Crippen LogP contribution in [-0.2, 0) is 19.2 Å². The first kappa shape index (κ1) is 43.7. The van der Waals surface area contributed by atoms with Gasteiger partial charge in [0.05, 0.1) is 9.81 Å². The molecule has 4 aromatic heterocycles. The number of carbonyl (C=O) groups is 4. The molecule has 9 nitrogen and oxygen atoms in total. The number of carboxylic acid groups (broad SMARTS) is 2. The maximum atomic E-state index is 12.8. The highest BCUT2D eigenvalue weighted by molar-refractivity contribution is 8.27. The van der Waals surface area contributed by atoms with Crippen LogP contribution in [0.5, 0.6) is 0 Å². The van der Waals surface area contributed by atoms with E-state index in [1.165, 1.54) is 5.56 Å². The maximum absolute atomic E-state index is 12.8. The Morgan fingerprint density at radius 1 is 0.516 bits per heavy atom. The molecule has 318 valence electrons. The maximum Gasteiger partial charge on any atom is 0.323 e. The van der Waals surface area contributed by atoms with Crippen LogP contribution in [0.25, 0.3) is 52.5 Å². The number of carboxylic acids is 2. The van der Waals surface area contributed by atoms with E-state index in [1.807, 2.05) is 24.3 Å². The van der Waals surface area contributed by atoms with Crippen LogP contribution in [0.3, 0.4) is 0 Å². The normalized spacial score (nSPS) is 15.3. The van der Waals surface area contributed by atoms with Crippen molar-refractivity contribution in [1.29, 1.82) is 0 Å². The first-order chi connectivity index (χ1) is 30.9. The number of aliphatic carboxylic acids is 2. The summed E-state index contributed by atoms with van der Waals surface area (Å²) in [6.45, 7) is 1.18. The van der Waals surface area contributed by atoms with E-state index in [1.54, 1.807) is 57.5 Å². The van der Waals surface area contributed by atoms with Crippen molar-refractivity contribution in [3.05, 3.63) is 146 Å². The average molecular weight is 990 g/mol. The molecule has 2 aliphatic rings. The largest absolute Gasteiger partial charge is 0.480 e. The number of hydrogen-bond acceptors (Lipinski definition) is 13. The zero-order chi connectivity index (χ0) is 44.6. The Morgan fingerprint density at radius 2 is 0.859 bits per heavy atom. The third-order valence-electron chi connectivity index (χ3n) is 9.94. The molecule has 3 aromatic carbocycles. The Balaban J connectivity index is 0.906. The highest BCUT2D eigenvalue weighted by Crippen LogP contribution is 2.44. The Labute approximate surface area is 402 Å². The summed E-state index contributed by atoms with van der Waals surface area (Å²) in [5, 5.41) is 18.3. The lowest BCUT2D eigenvalue weighted by atomic mass is 10.1. The average Bonchev–Trinajstić information content (AvgIpc) is 4.15. The Morgan fingerprint density at radius 3 is 1.25 bits per heavy atom. The first-order valence-electron chi connectivity index (χ1n) is 19.3. The molecule has 0 bridgehead atoms. The molecule has 2 fully saturated rings. The monoisotopic (exact) mass is 989 g/mol. The number of benzene rings is 3. The highest BCUT2D eigenvalue weighted by atomic mass is 32.2. The topological polar surface area (TPSA) is 118 Å². The van der Waals surface area contributed by atoms with E-state index in [9.17, 15) is 19.2 Å². The van der Waals surface area contributed by atoms with E-state index in [-0.39, 0.29) is 20.5 Å². The van der Waals surface area contributed by atoms with Crippen molar-refractivity contribution in [2.24, 2.45) is 0 Å². The number of aryl methyl sites for hydroxylation is 1. The van der Waals surface area contributed by atoms with E-state index in [2.05, 4.69) is 109 Å². The van der Waals surface area contributed by atoms with Gasteiger partial charge in [0, 0.05) is 56.1 Å². The van der Waals surface area contributed by atoms with Gasteiger partial charge < -0.3 is 15.1 Å². The van der Waals surface area contributed by atoms with Crippen LogP contribution in [0.2, 0.25) is 0 Å². The van der Waals surface area contributed by atoms with Gasteiger partial charge in [-0.1, -0.05) is 89.9 Å². The molecule has 2 N–H and O–H groups in total. The van der Waals surface area contributed by atoms with Crippen molar-refractivity contribution in [1.82, 2.24) is 9.80 Å². The molecule has 0 spiro atoms. The van der Waals surface area contributed by atoms with Gasteiger partial charge in [0.15, 0.2) is 0 Å². The second kappa shape index (κ2) is 18.5. The van der Waals surface area contributed by atoms with Gasteiger partial charge in [-0.2, -0.15) is 0 Å². The molecule has 0 atom stereocenters. The van der Waals surface area contributed by atoms with Gasteiger partial charge in [-0.3, -0.25) is 29.0 Å². The first-order valence-corrected chi connectivity index (χ1v) is 25.0. The molecular weight excluding hydrogens is 959 g/mol. The van der Waals surface area contributed by atoms with Crippen LogP contribution in [0.15, 0.2) is 131 Å². The van der Waals surface area contributed by atoms with Crippen LogP contribution in [0.4, 0.5) is 17.1 Å². The molecule has 2 aliphatic heterocycles. The van der Waals surface area contributed by atoms with Gasteiger partial charge in [0.1, 0.15) is 21.7 Å². The second-order valence-electron chi connectivity index (χ2n) is 14.3. The zero-order valence-electron chi connectivity index (χ0n) is 33.3. The quantitative estimate of drug-likeness (QED) is 0.0849. The molecule has 17 heteroatoms. The smallest absolute Gasteiger partial charge is 0.323 e. The fourth-order valence-electron chi connectivity index (χ4n) is 6.87. The van der Waals surface area contributed by atoms with E-state index in [0.29, 0.717) is 9.81 Å². The molecular formula is C47H31N3O6S8. The summed E-state index contributed by atoms with van der Waals surface area (Å²) in [4.78, 5) is 61.6. The summed E-state index contributed by atoms with van der Waals surface area (Å²) in [5.74, 6) is -2.99. The number of hydrogen-bond donors (Lipinski definition) is 2. The fourth-order valence-corrected chi connectivity index (χ4v) is 13.6. The number of rotatable bonds is 13. The van der Waals surface area contributed by atoms with E-state index in [0.717, 1.165) is 101 Å². The van der Waals surface area contributed by atoms with E-state index >= 15 is 0 Å². The summed E-state index contributed by atoms with van der Waals surface area (Å²) in [6.07, 6.45) is 3.55. The third kappa shape index (κ3) is 9.34. The minimum Gasteiger partial charge on any atom is -0.480 e. The number of carbonyl (C=O) groups excluding carboxylic acids is 2. The molecule has 7 aromatic rings. The lowest BCUT2D eigenvalue weighted by Crippen LogP contribution is -2.33. The minimum atomic E-state index is -1.11. The number of anilines is 3. The molecule has 0 radical (unpaired) electrons. The van der Waals surface area contributed by atoms with Gasteiger partial charge >= 0.3 is 11.9 Å². The van der Waals surface area contributed by atoms with Crippen molar-refractivity contribution < 1.29 is 29.4 Å². The predicted octanol–water partition coefficient (Wildman–Crippen LogP) is 13.0. The number of thiophene rings is 4. The molecule has 6 heterocycles. The number of amides is 2. The molecule has 2 saturated heterocycles. The van der Waals surface area contributed by atoms with Crippen LogP contribution < -0.4 is 4.90 Å². The lowest BCUT2D eigenvalue weighted by Gasteiger charge is -2.26. The van der Waals surface area contributed by atoms with E-state index in [4.69, 9.17) is 34.6 Å². The van der Waals surface area contributed by atoms with Crippen molar-refractivity contribution >= 4 is 155 Å². The molecule has 2 amide bonds. The predicted molar refractivity (Wildman–Crippen MR) is 274 cm³/mol. The van der Waals surface area contributed by atoms with Crippen molar-refractivity contribution in [2.45, 2.75) is 6.92 Å². The Hall–Kier alpha value is -5.50. The summed E-state index contributed by atoms with van der Waals surface area (Å²) >= 11 is 19.2. The number of nitrogens with zero attached hydrogens (tertiary/aromatic N) is 3. The highest BCUT2D eigenvalue weighted by Gasteiger charge is 2.34. The molecule has 0 aliphatic carbocycles. The van der Waals surface area contributed by atoms with Crippen molar-refractivity contribution in [2.75, 3.05) is 18.0 Å². The van der Waals surface area contributed by atoms with Crippen molar-refractivity contribution in [3.8, 4) is 40.4 Å². The number of thiocarbonyl (C=S) groups is 2. The Bertz CT molecular complexity index is 2880. The minimum absolute atomic E-state index is 0.247. The van der Waals surface area contributed by atoms with E-state index < -0.39 is 25.0 Å². The zero-order valence-corrected chi connectivity index (χ0v) is 39.8. The molecule has 9 rings (SSSR count). The van der Waals surface area contributed by atoms with Crippen LogP contribution in [0.1, 0.15) is 15.3 Å². The van der Waals surface area contributed by atoms with Crippen molar-refractivity contribution in [3.63, 3.8) is 0 Å². The summed E-state index contributed by atoms with van der Waals surface area (Å²) in [6, 6.07) is 42.1. The van der Waals surface area contributed by atoms with Crippen LogP contribution in [-0.4, -0.2) is 65.5 Å². The second-order valence-corrected chi connectivity index (χ2v) is 22.1. The van der Waals surface area contributed by atoms with Crippen LogP contribution >= 0.6 is 93.3 Å². The van der Waals surface area contributed by atoms with Gasteiger partial charge in [0.25, 0.3) is 11.8 Å². The summed E-state index contributed by atoms with van der Waals surface area (Å²) in [5.41, 5.74) is 6.44. The van der Waals surface area contributed by atoms with Gasteiger partial charge in [-0.25, -0.2) is 0 Å². The number of thioether (sulfide) groups is 2. The van der Waals surface area contributed by atoms with Gasteiger partial charge in [-0.15, -0.1) is 45.3 Å². The molecule has 0 saturated carbocycles. The summed E-state index contributed by atoms with van der Waals surface area (Å²) in [7, 11) is 0. The summed E-state index contributed by atoms with van der Waals surface area (Å²) < 4.78 is 0.495. The lowest BCUT2D eigenvalue weighted by molar-refractivity contribution is -0.140. The van der Waals surface area contributed by atoms with Gasteiger partial charge in [-0.05, 0) is 115 Å². The van der Waals surface area contributed by atoms with Gasteiger partial charge in [0.2, 0.25) is 0 Å². The SMILES string of the molecule is Cc1ccc(N(c2ccc(-c3ccc(-c4ccc(/C=C5\SC(=S)N(CC(=O)O)C5=O)s4)s3)cc2)c2ccc(-c3ccc(-c4ccc(/C=C5/SC(=S)N(CC(=O)O)C5=O)s4)s3)cc2)cc1. The molecule has 0 unspecified atom stereocenters. The standard InChI is InChI=1S/C47H31N3O6S8/c1-26-2-8-29(9-3-26)50(30-10-4-27(5-11-30)34-18-20-38(61-34)36-16-14-32(59-36)22-40-44(55)48(24-42(51)52)46(57)63-40)31-12-6-28(7-13-31)35-19-21-39(62-35)37-17-15-33(60-37)23-41-45(56)49(25-43(53)54)47(58)64-41/h2-23H,24-25H2,1H3,(H,51,52)(H,53,54)/b40-22-,41-23+.